The Morgan fingerprint density at radius 3 is 2.89 bits per heavy atom. The molecule has 19 heavy (non-hydrogen) atoms. The molecule has 2 aliphatic heterocycles. The van der Waals surface area contributed by atoms with E-state index in [0.29, 0.717) is 16.2 Å². The van der Waals surface area contributed by atoms with Crippen molar-refractivity contribution in [3.8, 4) is 0 Å². The maximum absolute atomic E-state index is 12.1. The number of aliphatic carboxylic acids is 1. The van der Waals surface area contributed by atoms with Gasteiger partial charge in [-0.2, -0.15) is 15.4 Å². The molecule has 0 bridgehead atoms. The Balaban J connectivity index is 1.99. The zero-order valence-electron chi connectivity index (χ0n) is 10.2. The van der Waals surface area contributed by atoms with Crippen LogP contribution < -0.4 is 0 Å². The van der Waals surface area contributed by atoms with Crippen LogP contribution >= 0.6 is 11.8 Å². The molecule has 8 heteroatoms. The van der Waals surface area contributed by atoms with Gasteiger partial charge in [-0.25, -0.2) is 4.79 Å². The van der Waals surface area contributed by atoms with E-state index in [9.17, 15) is 9.59 Å². The number of amides is 1. The number of carboxylic acid groups (broad SMARTS) is 1. The highest BCUT2D eigenvalue weighted by Crippen LogP contribution is 2.50. The number of carboxylic acids is 1. The molecule has 3 heterocycles. The normalized spacial score (nSPS) is 24.4. The van der Waals surface area contributed by atoms with Crippen molar-refractivity contribution >= 4 is 29.2 Å². The topological polar surface area (TPSA) is 99.2 Å². The lowest BCUT2D eigenvalue weighted by Gasteiger charge is -2.38. The maximum Gasteiger partial charge on any atom is 0.353 e. The lowest BCUT2D eigenvalue weighted by atomic mass is 9.97. The van der Waals surface area contributed by atoms with E-state index < -0.39 is 5.97 Å². The fourth-order valence-corrected chi connectivity index (χ4v) is 3.58. The summed E-state index contributed by atoms with van der Waals surface area (Å²) in [5.41, 5.74) is 2.00. The van der Waals surface area contributed by atoms with Crippen molar-refractivity contribution in [1.29, 1.82) is 0 Å². The van der Waals surface area contributed by atoms with Gasteiger partial charge in [0, 0.05) is 4.91 Å². The van der Waals surface area contributed by atoms with Crippen LogP contribution in [0.5, 0.6) is 0 Å². The zero-order valence-corrected chi connectivity index (χ0v) is 11.0. The van der Waals surface area contributed by atoms with Crippen molar-refractivity contribution in [3.05, 3.63) is 28.1 Å². The molecule has 2 N–H and O–H groups in total. The van der Waals surface area contributed by atoms with E-state index in [4.69, 9.17) is 5.11 Å². The van der Waals surface area contributed by atoms with Crippen LogP contribution in [-0.4, -0.2) is 42.7 Å². The minimum absolute atomic E-state index is 0.0803. The van der Waals surface area contributed by atoms with E-state index in [0.717, 1.165) is 5.57 Å². The molecule has 1 atom stereocenters. The lowest BCUT2D eigenvalue weighted by Crippen LogP contribution is -2.51. The molecule has 0 radical (unpaired) electrons. The number of aromatic nitrogens is 3. The van der Waals surface area contributed by atoms with Gasteiger partial charge in [0.25, 0.3) is 5.91 Å². The Hall–Kier alpha value is -2.09. The number of rotatable bonds is 2. The predicted molar refractivity (Wildman–Crippen MR) is 67.5 cm³/mol. The average Bonchev–Trinajstić information content (AvgIpc) is 2.95. The van der Waals surface area contributed by atoms with Gasteiger partial charge in [0.05, 0.1) is 11.8 Å². The van der Waals surface area contributed by atoms with E-state index >= 15 is 0 Å². The van der Waals surface area contributed by atoms with Crippen LogP contribution in [0.3, 0.4) is 0 Å². The van der Waals surface area contributed by atoms with Gasteiger partial charge in [-0.1, -0.05) is 11.8 Å². The number of allylic oxidation sites excluding steroid dienone is 2. The summed E-state index contributed by atoms with van der Waals surface area (Å²) in [5.74, 6) is -1.34. The van der Waals surface area contributed by atoms with E-state index in [2.05, 4.69) is 15.4 Å². The number of thioether (sulfide) groups is 1. The first-order chi connectivity index (χ1) is 9.02. The average molecular weight is 278 g/mol. The van der Waals surface area contributed by atoms with Crippen LogP contribution in [0.4, 0.5) is 0 Å². The van der Waals surface area contributed by atoms with Gasteiger partial charge in [0.1, 0.15) is 16.8 Å². The van der Waals surface area contributed by atoms with Crippen LogP contribution in [0, 0.1) is 0 Å². The SMILES string of the molecule is CC1=C(C(=O)O)N2C(=O)C(=C(C)c3cn[nH]n3)[C@H]2S1. The highest BCUT2D eigenvalue weighted by Gasteiger charge is 2.52. The monoisotopic (exact) mass is 278 g/mol. The second-order valence-electron chi connectivity index (χ2n) is 4.25. The third-order valence-electron chi connectivity index (χ3n) is 3.20. The number of nitrogens with one attached hydrogen (secondary N) is 1. The Morgan fingerprint density at radius 1 is 1.58 bits per heavy atom. The fraction of sp³-hybridized carbons (Fsp3) is 0.273. The summed E-state index contributed by atoms with van der Waals surface area (Å²) in [5, 5.41) is 19.0. The Labute approximate surface area is 112 Å². The number of carbonyl (C=O) groups is 2. The van der Waals surface area contributed by atoms with Crippen molar-refractivity contribution in [2.75, 3.05) is 0 Å². The first kappa shape index (κ1) is 12.0. The smallest absolute Gasteiger partial charge is 0.353 e. The summed E-state index contributed by atoms with van der Waals surface area (Å²) in [6.07, 6.45) is 1.54. The zero-order chi connectivity index (χ0) is 13.7. The van der Waals surface area contributed by atoms with Crippen molar-refractivity contribution in [2.24, 2.45) is 0 Å². The molecule has 3 rings (SSSR count). The third kappa shape index (κ3) is 1.53. The molecule has 0 aliphatic carbocycles. The number of hydrogen-bond donors (Lipinski definition) is 2. The molecule has 1 amide bonds. The molecule has 1 aromatic heterocycles. The molecule has 7 nitrogen and oxygen atoms in total. The van der Waals surface area contributed by atoms with Crippen LogP contribution in [0.1, 0.15) is 19.5 Å². The number of H-pyrrole nitrogens is 1. The van der Waals surface area contributed by atoms with Gasteiger partial charge in [-0.15, -0.1) is 0 Å². The van der Waals surface area contributed by atoms with Gasteiger partial charge < -0.3 is 5.11 Å². The molecule has 98 valence electrons. The molecule has 1 aromatic rings. The molecule has 0 saturated carbocycles. The number of hydrogen-bond acceptors (Lipinski definition) is 5. The Morgan fingerprint density at radius 2 is 2.32 bits per heavy atom. The van der Waals surface area contributed by atoms with Gasteiger partial charge >= 0.3 is 5.97 Å². The summed E-state index contributed by atoms with van der Waals surface area (Å²) in [4.78, 5) is 25.3. The minimum Gasteiger partial charge on any atom is -0.477 e. The van der Waals surface area contributed by atoms with Crippen molar-refractivity contribution < 1.29 is 14.7 Å². The molecule has 2 aliphatic rings. The second kappa shape index (κ2) is 3.95. The van der Waals surface area contributed by atoms with Crippen LogP contribution in [0.15, 0.2) is 22.4 Å². The van der Waals surface area contributed by atoms with Crippen molar-refractivity contribution in [1.82, 2.24) is 20.3 Å². The fourth-order valence-electron chi connectivity index (χ4n) is 2.25. The van der Waals surface area contributed by atoms with E-state index in [1.54, 1.807) is 13.8 Å². The number of nitrogens with zero attached hydrogens (tertiary/aromatic N) is 3. The number of β-lactam (4-membered cyclic amide) rings is 1. The highest BCUT2D eigenvalue weighted by atomic mass is 32.2. The third-order valence-corrected chi connectivity index (χ3v) is 4.42. The summed E-state index contributed by atoms with van der Waals surface area (Å²) in [6.45, 7) is 3.50. The first-order valence-electron chi connectivity index (χ1n) is 5.53. The van der Waals surface area contributed by atoms with Crippen LogP contribution in [-0.2, 0) is 9.59 Å². The number of fused-ring (bicyclic) bond motifs is 1. The largest absolute Gasteiger partial charge is 0.477 e. The molecular weight excluding hydrogens is 268 g/mol. The standard InChI is InChI=1S/C11H10N4O3S/c1-4(6-3-12-14-13-6)7-9(16)15-8(11(17)18)5(2)19-10(7)15/h3,10H,1-2H3,(H,17,18)(H,12,13,14)/t10-/m1/s1. The van der Waals surface area contributed by atoms with Gasteiger partial charge in [0.2, 0.25) is 0 Å². The first-order valence-corrected chi connectivity index (χ1v) is 6.41. The van der Waals surface area contributed by atoms with Gasteiger partial charge in [0.15, 0.2) is 0 Å². The van der Waals surface area contributed by atoms with Crippen LogP contribution in [0.2, 0.25) is 0 Å². The van der Waals surface area contributed by atoms with Gasteiger partial charge in [-0.3, -0.25) is 9.69 Å². The van der Waals surface area contributed by atoms with Gasteiger partial charge in [-0.05, 0) is 19.4 Å². The highest BCUT2D eigenvalue weighted by molar-refractivity contribution is 8.04. The maximum atomic E-state index is 12.1. The van der Waals surface area contributed by atoms with E-state index in [-0.39, 0.29) is 17.0 Å². The number of carbonyl (C=O) groups excluding carboxylic acids is 1. The minimum atomic E-state index is -1.07. The van der Waals surface area contributed by atoms with Crippen molar-refractivity contribution in [2.45, 2.75) is 19.2 Å². The Bertz CT molecular complexity index is 647. The molecule has 1 fully saturated rings. The molecule has 0 spiro atoms. The summed E-state index contributed by atoms with van der Waals surface area (Å²) in [7, 11) is 0. The lowest BCUT2D eigenvalue weighted by molar-refractivity contribution is -0.141. The Kier molecular flexibility index (Phi) is 2.49. The van der Waals surface area contributed by atoms with E-state index in [1.165, 1.54) is 22.9 Å². The van der Waals surface area contributed by atoms with Crippen LogP contribution in [0.25, 0.3) is 5.57 Å². The molecule has 0 aromatic carbocycles. The predicted octanol–water partition coefficient (Wildman–Crippen LogP) is 0.809. The number of aromatic amines is 1. The molecular formula is C11H10N4O3S. The quantitative estimate of drug-likeness (QED) is 0.613. The second-order valence-corrected chi connectivity index (χ2v) is 5.54. The molecule has 0 unspecified atom stereocenters. The summed E-state index contributed by atoms with van der Waals surface area (Å²) < 4.78 is 0. The summed E-state index contributed by atoms with van der Waals surface area (Å²) >= 11 is 1.38. The molecule has 1 saturated heterocycles. The summed E-state index contributed by atoms with van der Waals surface area (Å²) in [6, 6.07) is 0. The van der Waals surface area contributed by atoms with E-state index in [1.807, 2.05) is 0 Å². The van der Waals surface area contributed by atoms with Crippen molar-refractivity contribution in [3.63, 3.8) is 0 Å².